The topological polar surface area (TPSA) is 144 Å². The van der Waals surface area contributed by atoms with Crippen molar-refractivity contribution in [2.75, 3.05) is 10.6 Å². The first kappa shape index (κ1) is 21.5. The summed E-state index contributed by atoms with van der Waals surface area (Å²) in [4.78, 5) is 45.0. The van der Waals surface area contributed by atoms with E-state index in [9.17, 15) is 29.8 Å². The lowest BCUT2D eigenvalue weighted by atomic mass is 10.1. The van der Waals surface area contributed by atoms with Crippen LogP contribution in [0.2, 0.25) is 0 Å². The number of carbonyl (C=O) groups excluding carboxylic acids is 2. The molecule has 0 unspecified atom stereocenters. The molecule has 0 atom stereocenters. The Morgan fingerprint density at radius 3 is 1.52 bits per heavy atom. The third-order valence-electron chi connectivity index (χ3n) is 4.36. The number of rotatable bonds is 8. The van der Waals surface area contributed by atoms with Crippen LogP contribution in [0.4, 0.5) is 22.7 Å². The number of nitro benzene ring substituents is 2. The van der Waals surface area contributed by atoms with E-state index in [1.165, 1.54) is 24.3 Å². The van der Waals surface area contributed by atoms with E-state index in [-0.39, 0.29) is 42.5 Å². The van der Waals surface area contributed by atoms with Gasteiger partial charge in [0.25, 0.3) is 11.4 Å². The van der Waals surface area contributed by atoms with Gasteiger partial charge in [0.1, 0.15) is 0 Å². The minimum absolute atomic E-state index is 0.0451. The lowest BCUT2D eigenvalue weighted by molar-refractivity contribution is -0.385. The second kappa shape index (κ2) is 9.40. The number of nitro groups is 2. The quantitative estimate of drug-likeness (QED) is 0.508. The van der Waals surface area contributed by atoms with Crippen molar-refractivity contribution >= 4 is 34.6 Å². The Kier molecular flexibility index (Phi) is 6.96. The molecular formula is C19H20N4O6. The molecule has 2 N–H and O–H groups in total. The highest BCUT2D eigenvalue weighted by Crippen LogP contribution is 2.26. The summed E-state index contributed by atoms with van der Waals surface area (Å²) >= 11 is 0. The molecule has 0 radical (unpaired) electrons. The number of nitrogens with zero attached hydrogens (tertiary/aromatic N) is 2. The smallest absolute Gasteiger partial charge is 0.274 e. The Labute approximate surface area is 166 Å². The molecule has 0 spiro atoms. The van der Waals surface area contributed by atoms with Crippen LogP contribution in [0, 0.1) is 34.1 Å². The first-order valence-electron chi connectivity index (χ1n) is 8.78. The average Bonchev–Trinajstić information content (AvgIpc) is 2.64. The molecule has 10 nitrogen and oxygen atoms in total. The maximum absolute atomic E-state index is 12.1. The molecule has 29 heavy (non-hydrogen) atoms. The summed E-state index contributed by atoms with van der Waals surface area (Å²) in [5.74, 6) is -0.735. The summed E-state index contributed by atoms with van der Waals surface area (Å²) in [7, 11) is 0. The van der Waals surface area contributed by atoms with E-state index in [0.29, 0.717) is 22.5 Å². The van der Waals surface area contributed by atoms with E-state index < -0.39 is 9.85 Å². The van der Waals surface area contributed by atoms with E-state index in [1.54, 1.807) is 26.0 Å². The molecule has 0 aliphatic carbocycles. The number of anilines is 2. The Morgan fingerprint density at radius 2 is 1.17 bits per heavy atom. The summed E-state index contributed by atoms with van der Waals surface area (Å²) < 4.78 is 0. The maximum atomic E-state index is 12.1. The Balaban J connectivity index is 1.87. The molecule has 2 aromatic rings. The van der Waals surface area contributed by atoms with Gasteiger partial charge in [0.2, 0.25) is 11.8 Å². The predicted octanol–water partition coefficient (Wildman–Crippen LogP) is 3.87. The molecule has 0 fully saturated rings. The van der Waals surface area contributed by atoms with Crippen LogP contribution in [0.3, 0.4) is 0 Å². The van der Waals surface area contributed by atoms with Crippen LogP contribution in [0.5, 0.6) is 0 Å². The lowest BCUT2D eigenvalue weighted by Crippen LogP contribution is -2.16. The maximum Gasteiger partial charge on any atom is 0.274 e. The van der Waals surface area contributed by atoms with Gasteiger partial charge in [0.15, 0.2) is 0 Å². The minimum Gasteiger partial charge on any atom is -0.326 e. The number of hydrogen-bond acceptors (Lipinski definition) is 6. The predicted molar refractivity (Wildman–Crippen MR) is 107 cm³/mol. The summed E-state index contributed by atoms with van der Waals surface area (Å²) in [6.45, 7) is 3.09. The number of benzene rings is 2. The molecule has 0 saturated carbocycles. The standard InChI is InChI=1S/C19H20N4O6/c1-12-14(6-3-8-16(12)22(26)27)20-18(24)10-5-11-19(25)21-15-7-4-9-17(13(15)2)23(28)29/h3-4,6-9H,5,10-11H2,1-2H3,(H,20,24)(H,21,25). The van der Waals surface area contributed by atoms with Crippen molar-refractivity contribution < 1.29 is 19.4 Å². The van der Waals surface area contributed by atoms with Gasteiger partial charge in [-0.05, 0) is 32.4 Å². The molecule has 2 aromatic carbocycles. The Morgan fingerprint density at radius 1 is 0.793 bits per heavy atom. The highest BCUT2D eigenvalue weighted by Gasteiger charge is 2.16. The third kappa shape index (κ3) is 5.58. The first-order chi connectivity index (χ1) is 13.7. The molecule has 10 heteroatoms. The molecule has 0 aliphatic heterocycles. The van der Waals surface area contributed by atoms with Crippen molar-refractivity contribution in [3.63, 3.8) is 0 Å². The number of hydrogen-bond donors (Lipinski definition) is 2. The fourth-order valence-electron chi connectivity index (χ4n) is 2.75. The van der Waals surface area contributed by atoms with Crippen molar-refractivity contribution in [1.29, 1.82) is 0 Å². The molecule has 0 heterocycles. The minimum atomic E-state index is -0.523. The Bertz CT molecular complexity index is 896. The third-order valence-corrected chi connectivity index (χ3v) is 4.36. The molecule has 0 bridgehead atoms. The lowest BCUT2D eigenvalue weighted by Gasteiger charge is -2.10. The van der Waals surface area contributed by atoms with Crippen molar-refractivity contribution in [2.24, 2.45) is 0 Å². The van der Waals surface area contributed by atoms with Crippen LogP contribution in [0.1, 0.15) is 30.4 Å². The van der Waals surface area contributed by atoms with E-state index in [4.69, 9.17) is 0 Å². The van der Waals surface area contributed by atoms with Crippen LogP contribution in [-0.2, 0) is 9.59 Å². The average molecular weight is 400 g/mol. The van der Waals surface area contributed by atoms with Gasteiger partial charge >= 0.3 is 0 Å². The monoisotopic (exact) mass is 400 g/mol. The van der Waals surface area contributed by atoms with Gasteiger partial charge in [-0.25, -0.2) is 0 Å². The fourth-order valence-corrected chi connectivity index (χ4v) is 2.75. The van der Waals surface area contributed by atoms with Crippen LogP contribution >= 0.6 is 0 Å². The molecule has 0 aromatic heterocycles. The summed E-state index contributed by atoms with van der Waals surface area (Å²) in [5, 5.41) is 27.1. The zero-order chi connectivity index (χ0) is 21.6. The van der Waals surface area contributed by atoms with E-state index in [2.05, 4.69) is 10.6 Å². The van der Waals surface area contributed by atoms with Crippen LogP contribution in [0.25, 0.3) is 0 Å². The zero-order valence-corrected chi connectivity index (χ0v) is 15.9. The molecule has 2 amide bonds. The molecule has 0 aliphatic rings. The largest absolute Gasteiger partial charge is 0.326 e. The number of nitrogens with one attached hydrogen (secondary N) is 2. The van der Waals surface area contributed by atoms with Crippen molar-refractivity contribution in [2.45, 2.75) is 33.1 Å². The first-order valence-corrected chi connectivity index (χ1v) is 8.78. The van der Waals surface area contributed by atoms with Gasteiger partial charge in [-0.3, -0.25) is 29.8 Å². The highest BCUT2D eigenvalue weighted by atomic mass is 16.6. The highest BCUT2D eigenvalue weighted by molar-refractivity contribution is 5.94. The Hall–Kier alpha value is -3.82. The van der Waals surface area contributed by atoms with Gasteiger partial charge in [0, 0.05) is 25.0 Å². The normalized spacial score (nSPS) is 10.3. The van der Waals surface area contributed by atoms with Crippen LogP contribution in [0.15, 0.2) is 36.4 Å². The summed E-state index contributed by atoms with van der Waals surface area (Å²) in [5.41, 5.74) is 1.22. The van der Waals surface area contributed by atoms with Gasteiger partial charge in [-0.2, -0.15) is 0 Å². The van der Waals surface area contributed by atoms with E-state index >= 15 is 0 Å². The van der Waals surface area contributed by atoms with Gasteiger partial charge < -0.3 is 10.6 Å². The van der Waals surface area contributed by atoms with Gasteiger partial charge in [0.05, 0.1) is 32.3 Å². The second-order valence-electron chi connectivity index (χ2n) is 6.36. The van der Waals surface area contributed by atoms with Crippen molar-refractivity contribution in [1.82, 2.24) is 0 Å². The molecule has 2 rings (SSSR count). The van der Waals surface area contributed by atoms with Crippen molar-refractivity contribution in [3.05, 3.63) is 67.8 Å². The van der Waals surface area contributed by atoms with E-state index in [0.717, 1.165) is 0 Å². The molecule has 0 saturated heterocycles. The SMILES string of the molecule is Cc1c(NC(=O)CCCC(=O)Nc2cccc([N+](=O)[O-])c2C)cccc1[N+](=O)[O-]. The second-order valence-corrected chi connectivity index (χ2v) is 6.36. The van der Waals surface area contributed by atoms with Gasteiger partial charge in [-0.1, -0.05) is 12.1 Å². The molecule has 152 valence electrons. The number of carbonyl (C=O) groups is 2. The number of amides is 2. The fraction of sp³-hybridized carbons (Fsp3) is 0.263. The van der Waals surface area contributed by atoms with Gasteiger partial charge in [-0.15, -0.1) is 0 Å². The van der Waals surface area contributed by atoms with Crippen LogP contribution in [-0.4, -0.2) is 21.7 Å². The van der Waals surface area contributed by atoms with E-state index in [1.807, 2.05) is 0 Å². The van der Waals surface area contributed by atoms with Crippen LogP contribution < -0.4 is 10.6 Å². The zero-order valence-electron chi connectivity index (χ0n) is 15.9. The molecular weight excluding hydrogens is 380 g/mol. The van der Waals surface area contributed by atoms with Crippen molar-refractivity contribution in [3.8, 4) is 0 Å². The summed E-state index contributed by atoms with van der Waals surface area (Å²) in [6.07, 6.45) is 0.340. The summed E-state index contributed by atoms with van der Waals surface area (Å²) in [6, 6.07) is 8.80.